The zero-order chi connectivity index (χ0) is 24.9. The van der Waals surface area contributed by atoms with Crippen LogP contribution in [0, 0.1) is 5.41 Å². The molecular formula is C25H34BrN3O4S. The Hall–Kier alpha value is -2.39. The molecule has 0 fully saturated rings. The van der Waals surface area contributed by atoms with Gasteiger partial charge in [-0.1, -0.05) is 41.5 Å². The zero-order valence-electron chi connectivity index (χ0n) is 20.7. The number of rotatable bonds is 5. The Labute approximate surface area is 212 Å². The Morgan fingerprint density at radius 1 is 1.06 bits per heavy atom. The number of hydrogen-bond donors (Lipinski definition) is 3. The van der Waals surface area contributed by atoms with Crippen LogP contribution in [-0.2, 0) is 27.4 Å². The Balaban J connectivity index is 0.00000408. The van der Waals surface area contributed by atoms with Crippen molar-refractivity contribution in [3.8, 4) is 5.75 Å². The van der Waals surface area contributed by atoms with E-state index in [9.17, 15) is 18.3 Å². The van der Waals surface area contributed by atoms with E-state index in [0.29, 0.717) is 23.4 Å². The molecule has 34 heavy (non-hydrogen) atoms. The van der Waals surface area contributed by atoms with Crippen molar-refractivity contribution in [2.24, 2.45) is 0 Å². The number of anilines is 1. The minimum Gasteiger partial charge on any atom is -0.507 e. The van der Waals surface area contributed by atoms with Gasteiger partial charge in [-0.05, 0) is 46.7 Å². The van der Waals surface area contributed by atoms with Crippen molar-refractivity contribution in [1.82, 2.24) is 4.90 Å². The first-order valence-electron chi connectivity index (χ1n) is 10.8. The number of carbonyl (C=O) groups is 1. The van der Waals surface area contributed by atoms with Crippen molar-refractivity contribution in [3.63, 3.8) is 0 Å². The Bertz CT molecular complexity index is 1210. The van der Waals surface area contributed by atoms with E-state index in [1.165, 1.54) is 0 Å². The average Bonchev–Trinajstić information content (AvgIpc) is 2.93. The smallest absolute Gasteiger partial charge is 0.229 e. The number of nitrogens with zero attached hydrogens (tertiary/aromatic N) is 1. The third-order valence-electron chi connectivity index (χ3n) is 5.72. The Morgan fingerprint density at radius 3 is 2.06 bits per heavy atom. The number of Topliss-reactive ketones (excluding diaryl/α,β-unsaturated/α-hetero) is 1. The number of hydrogen-bond acceptors (Lipinski definition) is 5. The summed E-state index contributed by atoms with van der Waals surface area (Å²) in [4.78, 5) is 15.0. The average molecular weight is 553 g/mol. The van der Waals surface area contributed by atoms with E-state index in [1.54, 1.807) is 35.2 Å². The van der Waals surface area contributed by atoms with Crippen molar-refractivity contribution >= 4 is 44.3 Å². The maximum Gasteiger partial charge on any atom is 0.229 e. The van der Waals surface area contributed by atoms with Crippen LogP contribution in [0.25, 0.3) is 0 Å². The van der Waals surface area contributed by atoms with Crippen molar-refractivity contribution < 1.29 is 18.3 Å². The normalized spacial score (nSPS) is 14.0. The van der Waals surface area contributed by atoms with E-state index in [2.05, 4.69) is 4.72 Å². The van der Waals surface area contributed by atoms with Gasteiger partial charge in [0.25, 0.3) is 0 Å². The lowest BCUT2D eigenvalue weighted by Crippen LogP contribution is -2.30. The number of aromatic hydroxyl groups is 1. The largest absolute Gasteiger partial charge is 0.507 e. The number of carbonyl (C=O) groups excluding carboxylic acids is 1. The predicted molar refractivity (Wildman–Crippen MR) is 142 cm³/mol. The first-order valence-corrected chi connectivity index (χ1v) is 12.7. The molecule has 1 aliphatic rings. The van der Waals surface area contributed by atoms with E-state index in [-0.39, 0.29) is 51.7 Å². The third-order valence-corrected chi connectivity index (χ3v) is 6.33. The predicted octanol–water partition coefficient (Wildman–Crippen LogP) is 4.96. The SMILES string of the molecule is Br.CC(C)(C)c1cc(C(=O)CN2Cc3cc(NS(C)(=O)=O)ccc3C2=N)cc(C(C)(C)C)c1O. The molecule has 0 saturated heterocycles. The number of amidine groups is 1. The van der Waals surface area contributed by atoms with Crippen LogP contribution in [0.1, 0.15) is 74.2 Å². The summed E-state index contributed by atoms with van der Waals surface area (Å²) in [6.45, 7) is 12.3. The van der Waals surface area contributed by atoms with Gasteiger partial charge < -0.3 is 10.0 Å². The topological polar surface area (TPSA) is 111 Å². The highest BCUT2D eigenvalue weighted by atomic mass is 79.9. The van der Waals surface area contributed by atoms with Gasteiger partial charge >= 0.3 is 0 Å². The van der Waals surface area contributed by atoms with Crippen molar-refractivity contribution in [1.29, 1.82) is 5.41 Å². The van der Waals surface area contributed by atoms with Crippen LogP contribution >= 0.6 is 17.0 Å². The number of phenols is 1. The van der Waals surface area contributed by atoms with E-state index >= 15 is 0 Å². The van der Waals surface area contributed by atoms with E-state index in [4.69, 9.17) is 5.41 Å². The number of ketones is 1. The molecule has 186 valence electrons. The number of sulfonamides is 1. The van der Waals surface area contributed by atoms with Crippen LogP contribution in [-0.4, -0.2) is 42.8 Å². The number of phenolic OH excluding ortho intramolecular Hbond substituents is 1. The van der Waals surface area contributed by atoms with Crippen LogP contribution < -0.4 is 4.72 Å². The molecule has 3 rings (SSSR count). The van der Waals surface area contributed by atoms with Gasteiger partial charge in [0, 0.05) is 34.5 Å². The second kappa shape index (κ2) is 9.34. The van der Waals surface area contributed by atoms with Gasteiger partial charge in [0.15, 0.2) is 5.78 Å². The molecule has 1 aliphatic heterocycles. The van der Waals surface area contributed by atoms with Crippen LogP contribution in [0.5, 0.6) is 5.75 Å². The van der Waals surface area contributed by atoms with Crippen LogP contribution in [0.3, 0.4) is 0 Å². The summed E-state index contributed by atoms with van der Waals surface area (Å²) in [5.74, 6) is 0.312. The van der Waals surface area contributed by atoms with Gasteiger partial charge in [0.2, 0.25) is 10.0 Å². The lowest BCUT2D eigenvalue weighted by molar-refractivity contribution is 0.0962. The fourth-order valence-electron chi connectivity index (χ4n) is 4.03. The maximum atomic E-state index is 13.3. The minimum atomic E-state index is -3.40. The van der Waals surface area contributed by atoms with Gasteiger partial charge in [-0.3, -0.25) is 14.9 Å². The molecule has 7 nitrogen and oxygen atoms in total. The highest BCUT2D eigenvalue weighted by molar-refractivity contribution is 8.93. The molecule has 0 unspecified atom stereocenters. The Kier molecular flexibility index (Phi) is 7.65. The van der Waals surface area contributed by atoms with Gasteiger partial charge in [-0.2, -0.15) is 0 Å². The number of fused-ring (bicyclic) bond motifs is 1. The van der Waals surface area contributed by atoms with Crippen molar-refractivity contribution in [3.05, 3.63) is 58.1 Å². The second-order valence-electron chi connectivity index (χ2n) is 10.8. The fraction of sp³-hybridized carbons (Fsp3) is 0.440. The van der Waals surface area contributed by atoms with E-state index in [0.717, 1.165) is 22.9 Å². The summed E-state index contributed by atoms with van der Waals surface area (Å²) in [5, 5.41) is 19.4. The number of halogens is 1. The maximum absolute atomic E-state index is 13.3. The highest BCUT2D eigenvalue weighted by Crippen LogP contribution is 2.40. The number of benzene rings is 2. The molecule has 0 amide bonds. The molecule has 0 aliphatic carbocycles. The van der Waals surface area contributed by atoms with Crippen molar-refractivity contribution in [2.45, 2.75) is 58.9 Å². The minimum absolute atomic E-state index is 0. The van der Waals surface area contributed by atoms with Crippen molar-refractivity contribution in [2.75, 3.05) is 17.5 Å². The van der Waals surface area contributed by atoms with Gasteiger partial charge in [0.1, 0.15) is 11.6 Å². The van der Waals surface area contributed by atoms with Crippen LogP contribution in [0.4, 0.5) is 5.69 Å². The molecular weight excluding hydrogens is 518 g/mol. The molecule has 2 aromatic rings. The molecule has 2 aromatic carbocycles. The lowest BCUT2D eigenvalue weighted by Gasteiger charge is -2.28. The third kappa shape index (κ3) is 5.99. The molecule has 0 radical (unpaired) electrons. The molecule has 1 heterocycles. The van der Waals surface area contributed by atoms with Crippen LogP contribution in [0.15, 0.2) is 30.3 Å². The molecule has 9 heteroatoms. The number of nitrogens with one attached hydrogen (secondary N) is 2. The summed E-state index contributed by atoms with van der Waals surface area (Å²) in [5.41, 5.74) is 3.14. The molecule has 0 aromatic heterocycles. The second-order valence-corrected chi connectivity index (χ2v) is 12.5. The fourth-order valence-corrected chi connectivity index (χ4v) is 4.58. The molecule has 3 N–H and O–H groups in total. The van der Waals surface area contributed by atoms with E-state index in [1.807, 2.05) is 41.5 Å². The standard InChI is InChI=1S/C25H33N3O4S.BrH/c1-24(2,3)19-11-15(12-20(22(19)30)25(4,5)6)21(29)14-28-13-16-10-17(27-33(7,31)32)8-9-18(16)23(28)26;/h8-12,26-27,30H,13-14H2,1-7H3;1H. The lowest BCUT2D eigenvalue weighted by atomic mass is 9.78. The quantitative estimate of drug-likeness (QED) is 0.454. The first-order chi connectivity index (χ1) is 15.0. The summed E-state index contributed by atoms with van der Waals surface area (Å²) in [6, 6.07) is 8.53. The molecule has 0 atom stereocenters. The summed E-state index contributed by atoms with van der Waals surface area (Å²) < 4.78 is 25.5. The molecule has 0 spiro atoms. The molecule has 0 saturated carbocycles. The zero-order valence-corrected chi connectivity index (χ0v) is 23.3. The van der Waals surface area contributed by atoms with Crippen LogP contribution in [0.2, 0.25) is 0 Å². The summed E-state index contributed by atoms with van der Waals surface area (Å²) in [6.07, 6.45) is 1.09. The summed E-state index contributed by atoms with van der Waals surface area (Å²) >= 11 is 0. The Morgan fingerprint density at radius 2 is 1.59 bits per heavy atom. The van der Waals surface area contributed by atoms with Gasteiger partial charge in [-0.15, -0.1) is 17.0 Å². The van der Waals surface area contributed by atoms with Gasteiger partial charge in [0.05, 0.1) is 12.8 Å². The first kappa shape index (κ1) is 27.9. The molecule has 0 bridgehead atoms. The van der Waals surface area contributed by atoms with E-state index < -0.39 is 10.0 Å². The summed E-state index contributed by atoms with van der Waals surface area (Å²) in [7, 11) is -3.40. The highest BCUT2D eigenvalue weighted by Gasteiger charge is 2.30. The monoisotopic (exact) mass is 551 g/mol. The van der Waals surface area contributed by atoms with Gasteiger partial charge in [-0.25, -0.2) is 8.42 Å².